The van der Waals surface area contributed by atoms with Crippen LogP contribution in [-0.4, -0.2) is 19.2 Å². The van der Waals surface area contributed by atoms with Gasteiger partial charge in [-0.1, -0.05) is 48.0 Å². The van der Waals surface area contributed by atoms with E-state index in [0.717, 1.165) is 44.7 Å². The minimum Gasteiger partial charge on any atom is -0.497 e. The van der Waals surface area contributed by atoms with Crippen molar-refractivity contribution in [1.82, 2.24) is 4.98 Å². The lowest BCUT2D eigenvalue weighted by molar-refractivity contribution is 0.414. The van der Waals surface area contributed by atoms with Crippen molar-refractivity contribution in [2.75, 3.05) is 14.2 Å². The third-order valence-corrected chi connectivity index (χ3v) is 4.90. The second kappa shape index (κ2) is 7.29. The molecule has 3 nitrogen and oxygen atoms in total. The van der Waals surface area contributed by atoms with Crippen LogP contribution in [0.25, 0.3) is 33.2 Å². The Balaban J connectivity index is 2.01. The van der Waals surface area contributed by atoms with Gasteiger partial charge in [-0.3, -0.25) is 0 Å². The van der Waals surface area contributed by atoms with Crippen molar-refractivity contribution in [3.8, 4) is 33.9 Å². The monoisotopic (exact) mass is 375 g/mol. The molecule has 0 aliphatic rings. The fourth-order valence-corrected chi connectivity index (χ4v) is 3.48. The highest BCUT2D eigenvalue weighted by molar-refractivity contribution is 6.35. The molecule has 1 aromatic heterocycles. The number of nitrogens with zero attached hydrogens (tertiary/aromatic N) is 1. The van der Waals surface area contributed by atoms with Crippen molar-refractivity contribution < 1.29 is 9.47 Å². The summed E-state index contributed by atoms with van der Waals surface area (Å²) in [6, 6.07) is 23.9. The fraction of sp³-hybridized carbons (Fsp3) is 0.0870. The number of benzene rings is 3. The molecule has 0 fully saturated rings. The van der Waals surface area contributed by atoms with Crippen molar-refractivity contribution in [3.63, 3.8) is 0 Å². The predicted molar refractivity (Wildman–Crippen MR) is 111 cm³/mol. The van der Waals surface area contributed by atoms with Gasteiger partial charge in [-0.15, -0.1) is 0 Å². The van der Waals surface area contributed by atoms with Gasteiger partial charge < -0.3 is 9.47 Å². The lowest BCUT2D eigenvalue weighted by atomic mass is 9.94. The highest BCUT2D eigenvalue weighted by atomic mass is 35.5. The highest BCUT2D eigenvalue weighted by Crippen LogP contribution is 2.40. The summed E-state index contributed by atoms with van der Waals surface area (Å²) in [5, 5.41) is 2.49. The van der Waals surface area contributed by atoms with Crippen LogP contribution in [0.1, 0.15) is 0 Å². The lowest BCUT2D eigenvalue weighted by Gasteiger charge is -2.15. The van der Waals surface area contributed by atoms with Gasteiger partial charge in [-0.05, 0) is 47.3 Å². The second-order valence-corrected chi connectivity index (χ2v) is 6.49. The van der Waals surface area contributed by atoms with E-state index < -0.39 is 0 Å². The van der Waals surface area contributed by atoms with Gasteiger partial charge in [0.05, 0.1) is 19.9 Å². The van der Waals surface area contributed by atoms with E-state index in [2.05, 4.69) is 6.07 Å². The number of halogens is 1. The van der Waals surface area contributed by atoms with Gasteiger partial charge in [-0.25, -0.2) is 4.98 Å². The molecule has 0 aliphatic carbocycles. The van der Waals surface area contributed by atoms with Gasteiger partial charge in [0, 0.05) is 16.5 Å². The maximum absolute atomic E-state index is 6.52. The molecule has 4 aromatic rings. The SMILES string of the molecule is COc1ccc(-c2nc(Cl)c3ccccc3c2-c2ccc(OC)cc2)cc1. The van der Waals surface area contributed by atoms with Gasteiger partial charge >= 0.3 is 0 Å². The topological polar surface area (TPSA) is 31.4 Å². The highest BCUT2D eigenvalue weighted by Gasteiger charge is 2.16. The number of methoxy groups -OCH3 is 2. The van der Waals surface area contributed by atoms with E-state index in [1.807, 2.05) is 66.7 Å². The quantitative estimate of drug-likeness (QED) is 0.395. The van der Waals surface area contributed by atoms with E-state index in [1.165, 1.54) is 0 Å². The molecule has 0 spiro atoms. The number of pyridine rings is 1. The number of hydrogen-bond donors (Lipinski definition) is 0. The molecule has 0 saturated heterocycles. The van der Waals surface area contributed by atoms with Gasteiger partial charge in [0.1, 0.15) is 16.7 Å². The Hall–Kier alpha value is -3.04. The van der Waals surface area contributed by atoms with Crippen molar-refractivity contribution in [3.05, 3.63) is 77.9 Å². The summed E-state index contributed by atoms with van der Waals surface area (Å²) in [6.07, 6.45) is 0. The minimum absolute atomic E-state index is 0.494. The van der Waals surface area contributed by atoms with Crippen LogP contribution >= 0.6 is 11.6 Å². The Labute approximate surface area is 163 Å². The summed E-state index contributed by atoms with van der Waals surface area (Å²) in [5.41, 5.74) is 3.92. The lowest BCUT2D eigenvalue weighted by Crippen LogP contribution is -1.94. The smallest absolute Gasteiger partial charge is 0.137 e. The van der Waals surface area contributed by atoms with Gasteiger partial charge in [-0.2, -0.15) is 0 Å². The molecule has 27 heavy (non-hydrogen) atoms. The Morgan fingerprint density at radius 1 is 0.667 bits per heavy atom. The average molecular weight is 376 g/mol. The van der Waals surface area contributed by atoms with Gasteiger partial charge in [0.2, 0.25) is 0 Å². The molecule has 3 aromatic carbocycles. The van der Waals surface area contributed by atoms with Crippen molar-refractivity contribution in [1.29, 1.82) is 0 Å². The van der Waals surface area contributed by atoms with E-state index in [1.54, 1.807) is 14.2 Å². The molecule has 1 heterocycles. The Kier molecular flexibility index (Phi) is 4.69. The van der Waals surface area contributed by atoms with E-state index in [4.69, 9.17) is 26.1 Å². The van der Waals surface area contributed by atoms with Crippen LogP contribution in [-0.2, 0) is 0 Å². The zero-order chi connectivity index (χ0) is 18.8. The first-order valence-corrected chi connectivity index (χ1v) is 8.96. The first-order valence-electron chi connectivity index (χ1n) is 8.58. The molecule has 4 rings (SSSR count). The maximum Gasteiger partial charge on any atom is 0.137 e. The average Bonchev–Trinajstić information content (AvgIpc) is 2.74. The summed E-state index contributed by atoms with van der Waals surface area (Å²) in [4.78, 5) is 4.74. The molecule has 0 aliphatic heterocycles. The number of aromatic nitrogens is 1. The Morgan fingerprint density at radius 3 is 1.74 bits per heavy atom. The van der Waals surface area contributed by atoms with E-state index in [0.29, 0.717) is 5.15 Å². The van der Waals surface area contributed by atoms with E-state index >= 15 is 0 Å². The van der Waals surface area contributed by atoms with Gasteiger partial charge in [0.15, 0.2) is 0 Å². The van der Waals surface area contributed by atoms with Crippen LogP contribution in [0.2, 0.25) is 5.15 Å². The molecular formula is C23H18ClNO2. The fourth-order valence-electron chi connectivity index (χ4n) is 3.23. The molecule has 0 saturated carbocycles. The van der Waals surface area contributed by atoms with Crippen LogP contribution in [0.3, 0.4) is 0 Å². The zero-order valence-electron chi connectivity index (χ0n) is 15.1. The zero-order valence-corrected chi connectivity index (χ0v) is 15.8. The first-order chi connectivity index (χ1) is 13.2. The van der Waals surface area contributed by atoms with E-state index in [9.17, 15) is 0 Å². The third kappa shape index (κ3) is 3.22. The summed E-state index contributed by atoms with van der Waals surface area (Å²) < 4.78 is 10.6. The largest absolute Gasteiger partial charge is 0.497 e. The Morgan fingerprint density at radius 2 is 1.19 bits per heavy atom. The van der Waals surface area contributed by atoms with Crippen molar-refractivity contribution in [2.24, 2.45) is 0 Å². The first kappa shape index (κ1) is 17.4. The predicted octanol–water partition coefficient (Wildman–Crippen LogP) is 6.24. The molecule has 0 atom stereocenters. The normalized spacial score (nSPS) is 10.8. The summed E-state index contributed by atoms with van der Waals surface area (Å²) >= 11 is 6.52. The summed E-state index contributed by atoms with van der Waals surface area (Å²) in [7, 11) is 3.32. The van der Waals surface area contributed by atoms with Crippen LogP contribution in [0.5, 0.6) is 11.5 Å². The molecule has 0 amide bonds. The van der Waals surface area contributed by atoms with Crippen LogP contribution in [0.15, 0.2) is 72.8 Å². The number of ether oxygens (including phenoxy) is 2. The van der Waals surface area contributed by atoms with Crippen LogP contribution in [0.4, 0.5) is 0 Å². The summed E-state index contributed by atoms with van der Waals surface area (Å²) in [6.45, 7) is 0. The summed E-state index contributed by atoms with van der Waals surface area (Å²) in [5.74, 6) is 1.62. The molecule has 0 unspecified atom stereocenters. The second-order valence-electron chi connectivity index (χ2n) is 6.13. The minimum atomic E-state index is 0.494. The van der Waals surface area contributed by atoms with E-state index in [-0.39, 0.29) is 0 Å². The molecule has 134 valence electrons. The molecule has 4 heteroatoms. The van der Waals surface area contributed by atoms with Crippen molar-refractivity contribution >= 4 is 22.4 Å². The molecular weight excluding hydrogens is 358 g/mol. The van der Waals surface area contributed by atoms with Crippen LogP contribution < -0.4 is 9.47 Å². The maximum atomic E-state index is 6.52. The van der Waals surface area contributed by atoms with Gasteiger partial charge in [0.25, 0.3) is 0 Å². The number of fused-ring (bicyclic) bond motifs is 1. The molecule has 0 bridgehead atoms. The number of rotatable bonds is 4. The molecule has 0 N–H and O–H groups in total. The van der Waals surface area contributed by atoms with Crippen LogP contribution in [0, 0.1) is 0 Å². The third-order valence-electron chi connectivity index (χ3n) is 4.61. The standard InChI is InChI=1S/C23H18ClNO2/c1-26-17-11-7-15(8-12-17)21-19-5-3-4-6-20(19)23(24)25-22(21)16-9-13-18(27-2)14-10-16/h3-14H,1-2H3. The Bertz CT molecular complexity index is 1090. The molecule has 0 radical (unpaired) electrons. The van der Waals surface area contributed by atoms with Crippen molar-refractivity contribution in [2.45, 2.75) is 0 Å². The number of hydrogen-bond acceptors (Lipinski definition) is 3.